The molecule has 1 fully saturated rings. The summed E-state index contributed by atoms with van der Waals surface area (Å²) >= 11 is 0. The summed E-state index contributed by atoms with van der Waals surface area (Å²) in [5.41, 5.74) is 1.31. The lowest BCUT2D eigenvalue weighted by Crippen LogP contribution is -2.32. The molecule has 1 nitrogen and oxygen atoms in total. The molecule has 0 amide bonds. The molecule has 0 radical (unpaired) electrons. The average molecular weight is 222 g/mol. The molecular weight excluding hydrogens is 203 g/mol. The predicted molar refractivity (Wildman–Crippen MR) is 63.2 cm³/mol. The van der Waals surface area contributed by atoms with Gasteiger partial charge in [-0.15, -0.1) is 0 Å². The first-order valence-corrected chi connectivity index (χ1v) is 6.07. The molecule has 0 saturated carbocycles. The van der Waals surface area contributed by atoms with Gasteiger partial charge in [0.25, 0.3) is 0 Å². The number of aryl methyl sites for hydroxylation is 1. The third-order valence-corrected chi connectivity index (χ3v) is 3.13. The third-order valence-electron chi connectivity index (χ3n) is 3.13. The summed E-state index contributed by atoms with van der Waals surface area (Å²) < 4.78 is 19.1. The van der Waals surface area contributed by atoms with Gasteiger partial charge >= 0.3 is 0 Å². The molecule has 1 unspecified atom stereocenters. The fourth-order valence-electron chi connectivity index (χ4n) is 2.34. The summed E-state index contributed by atoms with van der Waals surface area (Å²) in [7, 11) is 0. The Bertz CT molecular complexity index is 302. The van der Waals surface area contributed by atoms with Crippen LogP contribution in [0, 0.1) is 0 Å². The van der Waals surface area contributed by atoms with Crippen LogP contribution in [0.2, 0.25) is 0 Å². The van der Waals surface area contributed by atoms with E-state index in [9.17, 15) is 4.39 Å². The fraction of sp³-hybridized carbons (Fsp3) is 0.571. The average Bonchev–Trinajstić information content (AvgIpc) is 2.27. The van der Waals surface area contributed by atoms with Gasteiger partial charge in [0.1, 0.15) is 6.17 Å². The Kier molecular flexibility index (Phi) is 3.94. The molecule has 0 bridgehead atoms. The molecule has 1 aromatic carbocycles. The van der Waals surface area contributed by atoms with Gasteiger partial charge in [-0.3, -0.25) is 0 Å². The second kappa shape index (κ2) is 5.44. The van der Waals surface area contributed by atoms with Crippen molar-refractivity contribution in [3.63, 3.8) is 0 Å². The highest BCUT2D eigenvalue weighted by molar-refractivity contribution is 5.14. The lowest BCUT2D eigenvalue weighted by atomic mass is 9.98. The van der Waals surface area contributed by atoms with E-state index in [2.05, 4.69) is 12.1 Å². The van der Waals surface area contributed by atoms with Crippen molar-refractivity contribution >= 4 is 0 Å². The minimum absolute atomic E-state index is 0.0736. The monoisotopic (exact) mass is 222 g/mol. The van der Waals surface area contributed by atoms with Gasteiger partial charge in [-0.25, -0.2) is 4.39 Å². The van der Waals surface area contributed by atoms with Crippen molar-refractivity contribution in [2.45, 2.75) is 51.0 Å². The second-order valence-electron chi connectivity index (χ2n) is 4.66. The van der Waals surface area contributed by atoms with Crippen LogP contribution in [0.15, 0.2) is 30.3 Å². The minimum atomic E-state index is -0.676. The Morgan fingerprint density at radius 1 is 1.25 bits per heavy atom. The van der Waals surface area contributed by atoms with Crippen molar-refractivity contribution in [3.05, 3.63) is 35.9 Å². The Balaban J connectivity index is 1.81. The van der Waals surface area contributed by atoms with Gasteiger partial charge in [0.05, 0.1) is 12.2 Å². The zero-order valence-electron chi connectivity index (χ0n) is 9.73. The van der Waals surface area contributed by atoms with E-state index >= 15 is 0 Å². The van der Waals surface area contributed by atoms with Crippen LogP contribution >= 0.6 is 0 Å². The van der Waals surface area contributed by atoms with E-state index in [0.717, 1.165) is 12.8 Å². The van der Waals surface area contributed by atoms with Crippen molar-refractivity contribution in [2.75, 3.05) is 0 Å². The van der Waals surface area contributed by atoms with Gasteiger partial charge < -0.3 is 4.74 Å². The second-order valence-corrected chi connectivity index (χ2v) is 4.66. The molecule has 0 N–H and O–H groups in total. The van der Waals surface area contributed by atoms with E-state index in [1.165, 1.54) is 5.56 Å². The molecule has 2 rings (SSSR count). The van der Waals surface area contributed by atoms with Crippen molar-refractivity contribution < 1.29 is 9.13 Å². The number of hydrogen-bond acceptors (Lipinski definition) is 1. The molecule has 1 aliphatic rings. The number of halogens is 1. The summed E-state index contributed by atoms with van der Waals surface area (Å²) in [5, 5.41) is 0. The first kappa shape index (κ1) is 11.6. The van der Waals surface area contributed by atoms with Crippen LogP contribution in [0.25, 0.3) is 0 Å². The predicted octanol–water partition coefficient (Wildman–Crippen LogP) is 3.52. The van der Waals surface area contributed by atoms with Crippen LogP contribution in [-0.4, -0.2) is 18.4 Å². The molecule has 0 spiro atoms. The van der Waals surface area contributed by atoms with Crippen molar-refractivity contribution in [3.8, 4) is 0 Å². The van der Waals surface area contributed by atoms with Crippen LogP contribution < -0.4 is 0 Å². The van der Waals surface area contributed by atoms with E-state index in [1.54, 1.807) is 0 Å². The van der Waals surface area contributed by atoms with Gasteiger partial charge in [-0.2, -0.15) is 0 Å². The Morgan fingerprint density at radius 2 is 2.00 bits per heavy atom. The van der Waals surface area contributed by atoms with E-state index in [1.807, 2.05) is 25.1 Å². The smallest absolute Gasteiger partial charge is 0.105 e. The highest BCUT2D eigenvalue weighted by Crippen LogP contribution is 2.24. The van der Waals surface area contributed by atoms with E-state index in [-0.39, 0.29) is 12.2 Å². The minimum Gasteiger partial charge on any atom is -0.375 e. The van der Waals surface area contributed by atoms with Crippen LogP contribution in [0.5, 0.6) is 0 Å². The SMILES string of the molecule is C[C@@H]1C[C@H](F)CC(CCc2ccccc2)O1. The van der Waals surface area contributed by atoms with Gasteiger partial charge in [0.2, 0.25) is 0 Å². The molecule has 1 aliphatic heterocycles. The van der Waals surface area contributed by atoms with Crippen LogP contribution in [-0.2, 0) is 11.2 Å². The first-order chi connectivity index (χ1) is 7.74. The van der Waals surface area contributed by atoms with E-state index < -0.39 is 6.17 Å². The maximum Gasteiger partial charge on any atom is 0.105 e. The zero-order chi connectivity index (χ0) is 11.4. The molecule has 0 aliphatic carbocycles. The summed E-state index contributed by atoms with van der Waals surface area (Å²) in [4.78, 5) is 0. The van der Waals surface area contributed by atoms with Crippen LogP contribution in [0.4, 0.5) is 4.39 Å². The highest BCUT2D eigenvalue weighted by Gasteiger charge is 2.26. The van der Waals surface area contributed by atoms with Crippen LogP contribution in [0.3, 0.4) is 0 Å². The molecule has 3 atom stereocenters. The van der Waals surface area contributed by atoms with Crippen molar-refractivity contribution in [2.24, 2.45) is 0 Å². The van der Waals surface area contributed by atoms with Crippen molar-refractivity contribution in [1.29, 1.82) is 0 Å². The largest absolute Gasteiger partial charge is 0.375 e. The van der Waals surface area contributed by atoms with Crippen molar-refractivity contribution in [1.82, 2.24) is 0 Å². The molecule has 0 aromatic heterocycles. The topological polar surface area (TPSA) is 9.23 Å². The molecule has 1 aromatic rings. The molecular formula is C14H19FO. The standard InChI is InChI=1S/C14H19FO/c1-11-9-13(15)10-14(16-11)8-7-12-5-3-2-4-6-12/h2-6,11,13-14H,7-10H2,1H3/t11-,13+,14?/m1/s1. The summed E-state index contributed by atoms with van der Waals surface area (Å²) in [6, 6.07) is 10.3. The molecule has 2 heteroatoms. The molecule has 1 saturated heterocycles. The maximum absolute atomic E-state index is 13.3. The van der Waals surface area contributed by atoms with E-state index in [4.69, 9.17) is 4.74 Å². The van der Waals surface area contributed by atoms with Gasteiger partial charge in [-0.1, -0.05) is 30.3 Å². The van der Waals surface area contributed by atoms with Gasteiger partial charge in [0.15, 0.2) is 0 Å². The normalized spacial score (nSPS) is 30.2. The zero-order valence-corrected chi connectivity index (χ0v) is 9.73. The summed E-state index contributed by atoms with van der Waals surface area (Å²) in [5.74, 6) is 0. The lowest BCUT2D eigenvalue weighted by Gasteiger charge is -2.30. The molecule has 1 heterocycles. The van der Waals surface area contributed by atoms with Crippen LogP contribution in [0.1, 0.15) is 31.7 Å². The van der Waals surface area contributed by atoms with E-state index in [0.29, 0.717) is 12.8 Å². The number of alkyl halides is 1. The number of benzene rings is 1. The maximum atomic E-state index is 13.3. The Labute approximate surface area is 96.6 Å². The third kappa shape index (κ3) is 3.31. The fourth-order valence-corrected chi connectivity index (χ4v) is 2.34. The lowest BCUT2D eigenvalue weighted by molar-refractivity contribution is -0.0705. The van der Waals surface area contributed by atoms with Gasteiger partial charge in [0, 0.05) is 12.8 Å². The number of hydrogen-bond donors (Lipinski definition) is 0. The number of ether oxygens (including phenoxy) is 1. The number of rotatable bonds is 3. The quantitative estimate of drug-likeness (QED) is 0.760. The highest BCUT2D eigenvalue weighted by atomic mass is 19.1. The molecule has 16 heavy (non-hydrogen) atoms. The van der Waals surface area contributed by atoms with Gasteiger partial charge in [-0.05, 0) is 25.3 Å². The summed E-state index contributed by atoms with van der Waals surface area (Å²) in [6.45, 7) is 1.96. The first-order valence-electron chi connectivity index (χ1n) is 6.07. The Morgan fingerprint density at radius 3 is 2.69 bits per heavy atom. The summed E-state index contributed by atoms with van der Waals surface area (Å²) in [6.07, 6.45) is 2.52. The molecule has 88 valence electrons. The Hall–Kier alpha value is -0.890.